The molecule has 0 aliphatic heterocycles. The average molecular weight is 294 g/mol. The lowest BCUT2D eigenvalue weighted by molar-refractivity contribution is 0.321. The number of aryl methyl sites for hydroxylation is 1. The molecule has 1 aromatic heterocycles. The molecule has 0 bridgehead atoms. The number of thiazole rings is 1. The monoisotopic (exact) mass is 294 g/mol. The Kier molecular flexibility index (Phi) is 5.49. The standard InChI is InChI=1S/C15H19FN2OS/c1-2-3-13-14(10-17)20-15(18-13)8-9-19-12-6-4-11(16)5-7-12/h4-7H,2-3,8-10,17H2,1H3. The van der Waals surface area contributed by atoms with Gasteiger partial charge in [0.2, 0.25) is 0 Å². The van der Waals surface area contributed by atoms with E-state index in [0.717, 1.165) is 30.0 Å². The van der Waals surface area contributed by atoms with Crippen molar-refractivity contribution in [2.45, 2.75) is 32.7 Å². The van der Waals surface area contributed by atoms with Gasteiger partial charge in [-0.25, -0.2) is 9.37 Å². The number of benzene rings is 1. The van der Waals surface area contributed by atoms with Crippen LogP contribution in [-0.4, -0.2) is 11.6 Å². The zero-order valence-corrected chi connectivity index (χ0v) is 12.4. The van der Waals surface area contributed by atoms with E-state index >= 15 is 0 Å². The van der Waals surface area contributed by atoms with E-state index in [-0.39, 0.29) is 5.82 Å². The van der Waals surface area contributed by atoms with E-state index in [1.54, 1.807) is 23.5 Å². The molecule has 0 atom stereocenters. The van der Waals surface area contributed by atoms with Crippen LogP contribution in [0.4, 0.5) is 4.39 Å². The zero-order chi connectivity index (χ0) is 14.4. The van der Waals surface area contributed by atoms with Gasteiger partial charge >= 0.3 is 0 Å². The van der Waals surface area contributed by atoms with Gasteiger partial charge in [0.05, 0.1) is 17.3 Å². The van der Waals surface area contributed by atoms with Gasteiger partial charge in [0.15, 0.2) is 0 Å². The third-order valence-corrected chi connectivity index (χ3v) is 4.07. The van der Waals surface area contributed by atoms with Crippen LogP contribution in [0.15, 0.2) is 24.3 Å². The molecule has 0 aliphatic carbocycles. The minimum atomic E-state index is -0.255. The molecular weight excluding hydrogens is 275 g/mol. The van der Waals surface area contributed by atoms with Crippen molar-refractivity contribution in [3.05, 3.63) is 45.7 Å². The Morgan fingerprint density at radius 2 is 2.00 bits per heavy atom. The van der Waals surface area contributed by atoms with Crippen molar-refractivity contribution in [2.24, 2.45) is 5.73 Å². The minimum Gasteiger partial charge on any atom is -0.493 e. The predicted octanol–water partition coefficient (Wildman–Crippen LogP) is 3.31. The number of halogens is 1. The summed E-state index contributed by atoms with van der Waals surface area (Å²) in [6, 6.07) is 6.05. The number of hydrogen-bond donors (Lipinski definition) is 1. The molecule has 0 aliphatic rings. The summed E-state index contributed by atoms with van der Waals surface area (Å²) in [6.07, 6.45) is 2.79. The normalized spacial score (nSPS) is 10.8. The molecule has 0 amide bonds. The number of nitrogens with zero attached hydrogens (tertiary/aromatic N) is 1. The summed E-state index contributed by atoms with van der Waals surface area (Å²) < 4.78 is 18.3. The summed E-state index contributed by atoms with van der Waals surface area (Å²) in [5.74, 6) is 0.421. The second-order valence-electron chi connectivity index (χ2n) is 4.48. The third-order valence-electron chi connectivity index (χ3n) is 2.89. The molecule has 0 saturated carbocycles. The van der Waals surface area contributed by atoms with E-state index < -0.39 is 0 Å². The van der Waals surface area contributed by atoms with Crippen molar-refractivity contribution in [3.8, 4) is 5.75 Å². The van der Waals surface area contributed by atoms with Gasteiger partial charge in [-0.1, -0.05) is 13.3 Å². The fraction of sp³-hybridized carbons (Fsp3) is 0.400. The molecule has 0 fully saturated rings. The molecule has 2 N–H and O–H groups in total. The van der Waals surface area contributed by atoms with Crippen molar-refractivity contribution >= 4 is 11.3 Å². The van der Waals surface area contributed by atoms with Crippen molar-refractivity contribution < 1.29 is 9.13 Å². The lowest BCUT2D eigenvalue weighted by Gasteiger charge is -2.04. The van der Waals surface area contributed by atoms with Crippen LogP contribution in [0.1, 0.15) is 28.9 Å². The highest BCUT2D eigenvalue weighted by Crippen LogP contribution is 2.20. The van der Waals surface area contributed by atoms with Crippen molar-refractivity contribution in [2.75, 3.05) is 6.61 Å². The lowest BCUT2D eigenvalue weighted by atomic mass is 10.2. The van der Waals surface area contributed by atoms with Gasteiger partial charge in [0, 0.05) is 17.8 Å². The Morgan fingerprint density at radius 3 is 2.65 bits per heavy atom. The van der Waals surface area contributed by atoms with E-state index in [1.807, 2.05) is 0 Å². The van der Waals surface area contributed by atoms with Gasteiger partial charge in [-0.3, -0.25) is 0 Å². The summed E-state index contributed by atoms with van der Waals surface area (Å²) in [5.41, 5.74) is 6.85. The Labute approximate surface area is 122 Å². The number of hydrogen-bond acceptors (Lipinski definition) is 4. The maximum atomic E-state index is 12.8. The van der Waals surface area contributed by atoms with Crippen molar-refractivity contribution in [1.82, 2.24) is 4.98 Å². The summed E-state index contributed by atoms with van der Waals surface area (Å²) in [5, 5.41) is 1.05. The van der Waals surface area contributed by atoms with Gasteiger partial charge in [-0.15, -0.1) is 11.3 Å². The highest BCUT2D eigenvalue weighted by molar-refractivity contribution is 7.11. The average Bonchev–Trinajstić information content (AvgIpc) is 2.84. The van der Waals surface area contributed by atoms with Gasteiger partial charge < -0.3 is 10.5 Å². The fourth-order valence-corrected chi connectivity index (χ4v) is 2.90. The van der Waals surface area contributed by atoms with E-state index in [2.05, 4.69) is 11.9 Å². The van der Waals surface area contributed by atoms with Crippen LogP contribution in [0.25, 0.3) is 0 Å². The summed E-state index contributed by atoms with van der Waals surface area (Å²) in [7, 11) is 0. The molecule has 0 spiro atoms. The topological polar surface area (TPSA) is 48.1 Å². The van der Waals surface area contributed by atoms with Crippen molar-refractivity contribution in [1.29, 1.82) is 0 Å². The molecule has 1 heterocycles. The lowest BCUT2D eigenvalue weighted by Crippen LogP contribution is -2.01. The van der Waals surface area contributed by atoms with Gasteiger partial charge in [0.1, 0.15) is 11.6 Å². The molecule has 5 heteroatoms. The Bertz CT molecular complexity index is 539. The van der Waals surface area contributed by atoms with Gasteiger partial charge in [-0.05, 0) is 30.7 Å². The quantitative estimate of drug-likeness (QED) is 0.852. The Balaban J connectivity index is 1.89. The van der Waals surface area contributed by atoms with E-state index in [9.17, 15) is 4.39 Å². The van der Waals surface area contributed by atoms with Crippen LogP contribution < -0.4 is 10.5 Å². The van der Waals surface area contributed by atoms with E-state index in [0.29, 0.717) is 18.9 Å². The van der Waals surface area contributed by atoms with Crippen molar-refractivity contribution in [3.63, 3.8) is 0 Å². The van der Waals surface area contributed by atoms with Gasteiger partial charge in [-0.2, -0.15) is 0 Å². The second-order valence-corrected chi connectivity index (χ2v) is 5.65. The van der Waals surface area contributed by atoms with Crippen LogP contribution in [-0.2, 0) is 19.4 Å². The summed E-state index contributed by atoms with van der Waals surface area (Å²) in [4.78, 5) is 5.78. The SMILES string of the molecule is CCCc1nc(CCOc2ccc(F)cc2)sc1CN. The van der Waals surface area contributed by atoms with Crippen LogP contribution in [0, 0.1) is 5.82 Å². The molecule has 1 aromatic carbocycles. The predicted molar refractivity (Wildman–Crippen MR) is 79.6 cm³/mol. The maximum absolute atomic E-state index is 12.8. The fourth-order valence-electron chi connectivity index (χ4n) is 1.92. The highest BCUT2D eigenvalue weighted by atomic mass is 32.1. The number of aromatic nitrogens is 1. The molecular formula is C15H19FN2OS. The maximum Gasteiger partial charge on any atom is 0.123 e. The first-order valence-corrected chi connectivity index (χ1v) is 7.60. The Morgan fingerprint density at radius 1 is 1.25 bits per heavy atom. The largest absolute Gasteiger partial charge is 0.493 e. The first-order valence-electron chi connectivity index (χ1n) is 6.78. The van der Waals surface area contributed by atoms with E-state index in [1.165, 1.54) is 17.0 Å². The molecule has 0 radical (unpaired) electrons. The summed E-state index contributed by atoms with van der Waals surface area (Å²) >= 11 is 1.66. The molecule has 0 unspecified atom stereocenters. The molecule has 2 aromatic rings. The number of ether oxygens (including phenoxy) is 1. The van der Waals surface area contributed by atoms with Crippen LogP contribution in [0.5, 0.6) is 5.75 Å². The molecule has 108 valence electrons. The number of nitrogens with two attached hydrogens (primary N) is 1. The van der Waals surface area contributed by atoms with Crippen LogP contribution in [0.2, 0.25) is 0 Å². The second kappa shape index (κ2) is 7.36. The van der Waals surface area contributed by atoms with Crippen LogP contribution in [0.3, 0.4) is 0 Å². The molecule has 2 rings (SSSR count). The Hall–Kier alpha value is -1.46. The molecule has 20 heavy (non-hydrogen) atoms. The smallest absolute Gasteiger partial charge is 0.123 e. The number of rotatable bonds is 7. The molecule has 3 nitrogen and oxygen atoms in total. The summed E-state index contributed by atoms with van der Waals surface area (Å²) in [6.45, 7) is 3.22. The third kappa shape index (κ3) is 4.02. The molecule has 0 saturated heterocycles. The first-order chi connectivity index (χ1) is 9.72. The highest BCUT2D eigenvalue weighted by Gasteiger charge is 2.09. The first kappa shape index (κ1) is 14.9. The zero-order valence-electron chi connectivity index (χ0n) is 11.6. The van der Waals surface area contributed by atoms with Gasteiger partial charge in [0.25, 0.3) is 0 Å². The van der Waals surface area contributed by atoms with E-state index in [4.69, 9.17) is 10.5 Å². The van der Waals surface area contributed by atoms with Crippen LogP contribution >= 0.6 is 11.3 Å². The minimum absolute atomic E-state index is 0.255.